The average Bonchev–Trinajstić information content (AvgIpc) is 3.12. The number of aliphatic hydroxyl groups is 1. The smallest absolute Gasteiger partial charge is 0.407 e. The number of hydrogen-bond donors (Lipinski definition) is 2. The minimum Gasteiger partial charge on any atom is -0.453 e. The SMILES string of the molecule is COC(=O)NC1CC(C(C)O)CN(C2CC2)C1. The Balaban J connectivity index is 1.93. The van der Waals surface area contributed by atoms with Crippen LogP contribution in [0.2, 0.25) is 0 Å². The molecule has 0 radical (unpaired) electrons. The van der Waals surface area contributed by atoms with Crippen molar-refractivity contribution in [3.63, 3.8) is 0 Å². The van der Waals surface area contributed by atoms with Crippen LogP contribution in [0.5, 0.6) is 0 Å². The van der Waals surface area contributed by atoms with Crippen molar-refractivity contribution in [1.29, 1.82) is 0 Å². The molecule has 0 aromatic rings. The second-order valence-electron chi connectivity index (χ2n) is 5.25. The van der Waals surface area contributed by atoms with Crippen LogP contribution >= 0.6 is 0 Å². The van der Waals surface area contributed by atoms with Crippen molar-refractivity contribution in [2.75, 3.05) is 20.2 Å². The van der Waals surface area contributed by atoms with Gasteiger partial charge in [0.1, 0.15) is 0 Å². The van der Waals surface area contributed by atoms with Crippen molar-refractivity contribution in [2.45, 2.75) is 44.4 Å². The molecule has 0 bridgehead atoms. The molecular weight excluding hydrogens is 220 g/mol. The van der Waals surface area contributed by atoms with Gasteiger partial charge in [0.15, 0.2) is 0 Å². The lowest BCUT2D eigenvalue weighted by atomic mass is 9.90. The van der Waals surface area contributed by atoms with E-state index < -0.39 is 0 Å². The van der Waals surface area contributed by atoms with Gasteiger partial charge in [0.2, 0.25) is 0 Å². The Morgan fingerprint density at radius 2 is 2.18 bits per heavy atom. The summed E-state index contributed by atoms with van der Waals surface area (Å²) < 4.78 is 4.63. The Morgan fingerprint density at radius 1 is 1.47 bits per heavy atom. The quantitative estimate of drug-likeness (QED) is 0.760. The van der Waals surface area contributed by atoms with E-state index in [1.54, 1.807) is 0 Å². The lowest BCUT2D eigenvalue weighted by Crippen LogP contribution is -2.53. The van der Waals surface area contributed by atoms with E-state index in [2.05, 4.69) is 15.0 Å². The average molecular weight is 242 g/mol. The number of hydrogen-bond acceptors (Lipinski definition) is 4. The lowest BCUT2D eigenvalue weighted by Gasteiger charge is -2.39. The first-order chi connectivity index (χ1) is 8.10. The molecule has 3 atom stereocenters. The molecule has 2 aliphatic rings. The summed E-state index contributed by atoms with van der Waals surface area (Å²) in [6, 6.07) is 0.759. The van der Waals surface area contributed by atoms with Crippen LogP contribution in [-0.2, 0) is 4.74 Å². The van der Waals surface area contributed by atoms with Gasteiger partial charge in [-0.3, -0.25) is 4.90 Å². The third kappa shape index (κ3) is 3.33. The van der Waals surface area contributed by atoms with Gasteiger partial charge in [0.25, 0.3) is 0 Å². The molecule has 98 valence electrons. The maximum atomic E-state index is 11.2. The van der Waals surface area contributed by atoms with Gasteiger partial charge >= 0.3 is 6.09 Å². The first-order valence-corrected chi connectivity index (χ1v) is 6.36. The number of alkyl carbamates (subject to hydrolysis) is 1. The summed E-state index contributed by atoms with van der Waals surface area (Å²) in [5, 5.41) is 12.6. The Morgan fingerprint density at radius 3 is 2.71 bits per heavy atom. The standard InChI is InChI=1S/C12H22N2O3/c1-8(15)9-5-10(13-12(16)17-2)7-14(6-9)11-3-4-11/h8-11,15H,3-7H2,1-2H3,(H,13,16). The van der Waals surface area contributed by atoms with E-state index >= 15 is 0 Å². The van der Waals surface area contributed by atoms with E-state index in [1.165, 1.54) is 20.0 Å². The molecule has 5 nitrogen and oxygen atoms in total. The highest BCUT2D eigenvalue weighted by Crippen LogP contribution is 2.32. The molecule has 1 amide bonds. The summed E-state index contributed by atoms with van der Waals surface area (Å²) in [7, 11) is 1.38. The summed E-state index contributed by atoms with van der Waals surface area (Å²) in [5.74, 6) is 0.242. The summed E-state index contributed by atoms with van der Waals surface area (Å²) >= 11 is 0. The molecule has 3 unspecified atom stereocenters. The number of carbonyl (C=O) groups excluding carboxylic acids is 1. The predicted molar refractivity (Wildman–Crippen MR) is 63.7 cm³/mol. The normalized spacial score (nSPS) is 31.9. The van der Waals surface area contributed by atoms with Crippen LogP contribution in [0.15, 0.2) is 0 Å². The Labute approximate surface area is 102 Å². The van der Waals surface area contributed by atoms with Gasteiger partial charge in [0.05, 0.1) is 13.2 Å². The van der Waals surface area contributed by atoms with Crippen LogP contribution in [0.4, 0.5) is 4.79 Å². The molecule has 5 heteroatoms. The Bertz CT molecular complexity index is 269. The van der Waals surface area contributed by atoms with E-state index in [-0.39, 0.29) is 24.2 Å². The fraction of sp³-hybridized carbons (Fsp3) is 0.917. The number of nitrogens with one attached hydrogen (secondary N) is 1. The van der Waals surface area contributed by atoms with Crippen LogP contribution in [0.25, 0.3) is 0 Å². The van der Waals surface area contributed by atoms with Crippen LogP contribution in [0.1, 0.15) is 26.2 Å². The zero-order chi connectivity index (χ0) is 12.4. The molecule has 0 aromatic heterocycles. The number of carbonyl (C=O) groups is 1. The van der Waals surface area contributed by atoms with Gasteiger partial charge < -0.3 is 15.2 Å². The first kappa shape index (κ1) is 12.6. The number of ether oxygens (including phenoxy) is 1. The molecule has 1 aliphatic heterocycles. The zero-order valence-corrected chi connectivity index (χ0v) is 10.6. The van der Waals surface area contributed by atoms with E-state index in [0.717, 1.165) is 19.5 Å². The number of likely N-dealkylation sites (tertiary alicyclic amines) is 1. The lowest BCUT2D eigenvalue weighted by molar-refractivity contribution is 0.0439. The van der Waals surface area contributed by atoms with Crippen molar-refractivity contribution in [1.82, 2.24) is 10.2 Å². The number of piperidine rings is 1. The summed E-state index contributed by atoms with van der Waals surface area (Å²) in [5.41, 5.74) is 0. The maximum Gasteiger partial charge on any atom is 0.407 e. The van der Waals surface area contributed by atoms with Crippen LogP contribution in [-0.4, -0.2) is 54.5 Å². The van der Waals surface area contributed by atoms with Crippen molar-refractivity contribution in [2.24, 2.45) is 5.92 Å². The molecule has 2 N–H and O–H groups in total. The molecule has 2 fully saturated rings. The van der Waals surface area contributed by atoms with E-state index in [4.69, 9.17) is 0 Å². The van der Waals surface area contributed by atoms with Crippen LogP contribution < -0.4 is 5.32 Å². The molecule has 0 aromatic carbocycles. The summed E-state index contributed by atoms with van der Waals surface area (Å²) in [4.78, 5) is 13.6. The molecular formula is C12H22N2O3. The number of nitrogens with zero attached hydrogens (tertiary/aromatic N) is 1. The highest BCUT2D eigenvalue weighted by atomic mass is 16.5. The zero-order valence-electron chi connectivity index (χ0n) is 10.6. The fourth-order valence-electron chi connectivity index (χ4n) is 2.59. The molecule has 1 saturated heterocycles. The third-order valence-electron chi connectivity index (χ3n) is 3.76. The summed E-state index contributed by atoms with van der Waals surface area (Å²) in [6.45, 7) is 3.65. The number of methoxy groups -OCH3 is 1. The van der Waals surface area contributed by atoms with Gasteiger partial charge in [-0.2, -0.15) is 0 Å². The third-order valence-corrected chi connectivity index (χ3v) is 3.76. The Hall–Kier alpha value is -0.810. The monoisotopic (exact) mass is 242 g/mol. The second-order valence-corrected chi connectivity index (χ2v) is 5.25. The minimum atomic E-state index is -0.378. The molecule has 1 saturated carbocycles. The minimum absolute atomic E-state index is 0.0939. The molecule has 17 heavy (non-hydrogen) atoms. The number of rotatable bonds is 3. The van der Waals surface area contributed by atoms with Crippen molar-refractivity contribution in [3.8, 4) is 0 Å². The number of aliphatic hydroxyl groups excluding tert-OH is 1. The maximum absolute atomic E-state index is 11.2. The fourth-order valence-corrected chi connectivity index (χ4v) is 2.59. The van der Waals surface area contributed by atoms with Gasteiger partial charge in [0, 0.05) is 25.2 Å². The number of amides is 1. The molecule has 1 aliphatic carbocycles. The van der Waals surface area contributed by atoms with Gasteiger partial charge in [-0.1, -0.05) is 0 Å². The van der Waals surface area contributed by atoms with Crippen molar-refractivity contribution in [3.05, 3.63) is 0 Å². The largest absolute Gasteiger partial charge is 0.453 e. The predicted octanol–water partition coefficient (Wildman–Crippen LogP) is 0.576. The van der Waals surface area contributed by atoms with E-state index in [1.807, 2.05) is 6.92 Å². The first-order valence-electron chi connectivity index (χ1n) is 6.36. The molecule has 2 rings (SSSR count). The topological polar surface area (TPSA) is 61.8 Å². The van der Waals surface area contributed by atoms with Gasteiger partial charge in [-0.25, -0.2) is 4.79 Å². The second kappa shape index (κ2) is 5.23. The van der Waals surface area contributed by atoms with Gasteiger partial charge in [-0.15, -0.1) is 0 Å². The highest BCUT2D eigenvalue weighted by Gasteiger charge is 2.37. The van der Waals surface area contributed by atoms with Crippen molar-refractivity contribution < 1.29 is 14.6 Å². The van der Waals surface area contributed by atoms with Gasteiger partial charge in [-0.05, 0) is 32.1 Å². The van der Waals surface area contributed by atoms with E-state index in [0.29, 0.717) is 6.04 Å². The Kier molecular flexibility index (Phi) is 3.89. The van der Waals surface area contributed by atoms with E-state index in [9.17, 15) is 9.90 Å². The summed E-state index contributed by atoms with van der Waals surface area (Å²) in [6.07, 6.45) is 2.63. The molecule has 1 heterocycles. The highest BCUT2D eigenvalue weighted by molar-refractivity contribution is 5.67. The van der Waals surface area contributed by atoms with Crippen molar-refractivity contribution >= 4 is 6.09 Å². The van der Waals surface area contributed by atoms with Crippen LogP contribution in [0, 0.1) is 5.92 Å². The molecule has 0 spiro atoms. The van der Waals surface area contributed by atoms with Crippen LogP contribution in [0.3, 0.4) is 0 Å².